The highest BCUT2D eigenvalue weighted by molar-refractivity contribution is 5.93. The van der Waals surface area contributed by atoms with Crippen LogP contribution in [0.2, 0.25) is 0 Å². The first-order valence-corrected chi connectivity index (χ1v) is 6.41. The molecule has 0 saturated carbocycles. The molecular weight excluding hydrogens is 284 g/mol. The second-order valence-electron chi connectivity index (χ2n) is 4.24. The number of hydrazone groups is 1. The van der Waals surface area contributed by atoms with Gasteiger partial charge in [0, 0.05) is 6.20 Å². The molecule has 1 heterocycles. The molecule has 1 aromatic carbocycles. The number of nitrogens with zero attached hydrogens (tertiary/aromatic N) is 2. The molecule has 0 saturated heterocycles. The van der Waals surface area contributed by atoms with Crippen LogP contribution in [0.25, 0.3) is 0 Å². The predicted octanol–water partition coefficient (Wildman–Crippen LogP) is 0.710. The van der Waals surface area contributed by atoms with Gasteiger partial charge < -0.3 is 10.5 Å². The average Bonchev–Trinajstić information content (AvgIpc) is 2.55. The molecule has 0 atom stereocenters. The number of aromatic nitrogens is 1. The van der Waals surface area contributed by atoms with Gasteiger partial charge in [0.15, 0.2) is 6.61 Å². The molecule has 22 heavy (non-hydrogen) atoms. The third-order valence-electron chi connectivity index (χ3n) is 2.54. The highest BCUT2D eigenvalue weighted by Gasteiger charge is 2.03. The van der Waals surface area contributed by atoms with Gasteiger partial charge in [-0.15, -0.1) is 0 Å². The molecule has 0 radical (unpaired) electrons. The zero-order valence-corrected chi connectivity index (χ0v) is 11.6. The fourth-order valence-corrected chi connectivity index (χ4v) is 1.52. The number of nitrogens with one attached hydrogen (secondary N) is 1. The Hall–Kier alpha value is -3.22. The predicted molar refractivity (Wildman–Crippen MR) is 80.4 cm³/mol. The van der Waals surface area contributed by atoms with E-state index in [1.54, 1.807) is 42.5 Å². The minimum atomic E-state index is -0.539. The van der Waals surface area contributed by atoms with E-state index < -0.39 is 11.8 Å². The minimum Gasteiger partial charge on any atom is -0.484 e. The molecule has 1 aromatic heterocycles. The van der Waals surface area contributed by atoms with Crippen LogP contribution in [-0.4, -0.2) is 29.6 Å². The Bertz CT molecular complexity index is 669. The van der Waals surface area contributed by atoms with Gasteiger partial charge in [0.2, 0.25) is 0 Å². The van der Waals surface area contributed by atoms with Crippen molar-refractivity contribution < 1.29 is 14.3 Å². The Balaban J connectivity index is 1.88. The summed E-state index contributed by atoms with van der Waals surface area (Å²) in [4.78, 5) is 26.2. The van der Waals surface area contributed by atoms with Crippen LogP contribution in [0.1, 0.15) is 16.1 Å². The number of benzene rings is 1. The van der Waals surface area contributed by atoms with E-state index in [9.17, 15) is 9.59 Å². The summed E-state index contributed by atoms with van der Waals surface area (Å²) in [6, 6.07) is 11.8. The molecule has 3 N–H and O–H groups in total. The Labute approximate surface area is 126 Å². The van der Waals surface area contributed by atoms with Crippen LogP contribution in [0.3, 0.4) is 0 Å². The van der Waals surface area contributed by atoms with Gasteiger partial charge in [0.05, 0.1) is 6.21 Å². The van der Waals surface area contributed by atoms with E-state index in [1.807, 2.05) is 0 Å². The lowest BCUT2D eigenvalue weighted by Crippen LogP contribution is -2.20. The zero-order chi connectivity index (χ0) is 15.8. The van der Waals surface area contributed by atoms with Gasteiger partial charge in [-0.2, -0.15) is 5.10 Å². The number of primary amides is 1. The van der Waals surface area contributed by atoms with E-state index >= 15 is 0 Å². The molecule has 0 aliphatic carbocycles. The summed E-state index contributed by atoms with van der Waals surface area (Å²) in [5.74, 6) is -0.408. The fourth-order valence-electron chi connectivity index (χ4n) is 1.52. The quantitative estimate of drug-likeness (QED) is 0.605. The largest absolute Gasteiger partial charge is 0.484 e. The SMILES string of the molecule is NC(=O)COc1ccc(/C=N\NC(=O)c2ccccn2)cc1. The molecule has 7 nitrogen and oxygen atoms in total. The number of rotatable bonds is 6. The molecule has 0 spiro atoms. The summed E-state index contributed by atoms with van der Waals surface area (Å²) in [7, 11) is 0. The molecule has 0 bridgehead atoms. The van der Waals surface area contributed by atoms with Gasteiger partial charge in [-0.3, -0.25) is 14.6 Å². The summed E-state index contributed by atoms with van der Waals surface area (Å²) in [5.41, 5.74) is 8.40. The molecule has 0 aliphatic rings. The molecule has 2 aromatic rings. The van der Waals surface area contributed by atoms with Crippen LogP contribution in [0.5, 0.6) is 5.75 Å². The van der Waals surface area contributed by atoms with Crippen molar-refractivity contribution in [1.29, 1.82) is 0 Å². The van der Waals surface area contributed by atoms with Crippen LogP contribution >= 0.6 is 0 Å². The van der Waals surface area contributed by atoms with Crippen molar-refractivity contribution in [2.75, 3.05) is 6.61 Å². The molecule has 7 heteroatoms. The maximum absolute atomic E-state index is 11.7. The van der Waals surface area contributed by atoms with Crippen LogP contribution in [-0.2, 0) is 4.79 Å². The Morgan fingerprint density at radius 1 is 1.23 bits per heavy atom. The number of amides is 2. The highest BCUT2D eigenvalue weighted by Crippen LogP contribution is 2.10. The summed E-state index contributed by atoms with van der Waals surface area (Å²) in [5, 5.41) is 3.84. The van der Waals surface area contributed by atoms with Crippen molar-refractivity contribution in [3.63, 3.8) is 0 Å². The van der Waals surface area contributed by atoms with Gasteiger partial charge >= 0.3 is 0 Å². The summed E-state index contributed by atoms with van der Waals surface area (Å²) in [6.45, 7) is -0.173. The van der Waals surface area contributed by atoms with Crippen molar-refractivity contribution in [2.24, 2.45) is 10.8 Å². The first-order valence-electron chi connectivity index (χ1n) is 6.41. The number of carbonyl (C=O) groups excluding carboxylic acids is 2. The number of nitrogens with two attached hydrogens (primary N) is 1. The van der Waals surface area contributed by atoms with Crippen molar-refractivity contribution in [1.82, 2.24) is 10.4 Å². The minimum absolute atomic E-state index is 0.173. The Morgan fingerprint density at radius 3 is 2.64 bits per heavy atom. The second-order valence-corrected chi connectivity index (χ2v) is 4.24. The first kappa shape index (κ1) is 15.2. The second kappa shape index (κ2) is 7.53. The van der Waals surface area contributed by atoms with Crippen LogP contribution < -0.4 is 15.9 Å². The smallest absolute Gasteiger partial charge is 0.289 e. The Morgan fingerprint density at radius 2 is 2.00 bits per heavy atom. The molecule has 0 fully saturated rings. The van der Waals surface area contributed by atoms with E-state index in [2.05, 4.69) is 15.5 Å². The van der Waals surface area contributed by atoms with Gasteiger partial charge in [-0.1, -0.05) is 6.07 Å². The zero-order valence-electron chi connectivity index (χ0n) is 11.6. The molecule has 2 rings (SSSR count). The van der Waals surface area contributed by atoms with E-state index in [0.717, 1.165) is 5.56 Å². The number of carbonyl (C=O) groups is 2. The third kappa shape index (κ3) is 4.71. The number of ether oxygens (including phenoxy) is 1. The van der Waals surface area contributed by atoms with Crippen molar-refractivity contribution in [2.45, 2.75) is 0 Å². The maximum Gasteiger partial charge on any atom is 0.289 e. The first-order chi connectivity index (χ1) is 10.6. The fraction of sp³-hybridized carbons (Fsp3) is 0.0667. The van der Waals surface area contributed by atoms with Crippen LogP contribution in [0.4, 0.5) is 0 Å². The van der Waals surface area contributed by atoms with Crippen molar-refractivity contribution >= 4 is 18.0 Å². The lowest BCUT2D eigenvalue weighted by molar-refractivity contribution is -0.119. The van der Waals surface area contributed by atoms with Crippen molar-refractivity contribution in [3.05, 3.63) is 59.9 Å². The third-order valence-corrected chi connectivity index (χ3v) is 2.54. The van der Waals surface area contributed by atoms with Crippen LogP contribution in [0.15, 0.2) is 53.8 Å². The molecule has 112 valence electrons. The lowest BCUT2D eigenvalue weighted by atomic mass is 10.2. The van der Waals surface area contributed by atoms with Gasteiger partial charge in [-0.25, -0.2) is 5.43 Å². The van der Waals surface area contributed by atoms with E-state index in [4.69, 9.17) is 10.5 Å². The number of hydrogen-bond donors (Lipinski definition) is 2. The van der Waals surface area contributed by atoms with Gasteiger partial charge in [-0.05, 0) is 42.0 Å². The summed E-state index contributed by atoms with van der Waals surface area (Å²) in [6.07, 6.45) is 3.02. The number of hydrogen-bond acceptors (Lipinski definition) is 5. The maximum atomic E-state index is 11.7. The lowest BCUT2D eigenvalue weighted by Gasteiger charge is -2.03. The van der Waals surface area contributed by atoms with E-state index in [1.165, 1.54) is 12.4 Å². The van der Waals surface area contributed by atoms with E-state index in [0.29, 0.717) is 5.75 Å². The standard InChI is InChI=1S/C15H14N4O3/c16-14(20)10-22-12-6-4-11(5-7-12)9-18-19-15(21)13-3-1-2-8-17-13/h1-9H,10H2,(H2,16,20)(H,19,21)/b18-9-. The Kier molecular flexibility index (Phi) is 5.20. The van der Waals surface area contributed by atoms with Gasteiger partial charge in [0.1, 0.15) is 11.4 Å². The normalized spacial score (nSPS) is 10.4. The molecule has 2 amide bonds. The van der Waals surface area contributed by atoms with Crippen LogP contribution in [0, 0.1) is 0 Å². The molecular formula is C15H14N4O3. The highest BCUT2D eigenvalue weighted by atomic mass is 16.5. The molecule has 0 unspecified atom stereocenters. The summed E-state index contributed by atoms with van der Waals surface area (Å²) >= 11 is 0. The topological polar surface area (TPSA) is 107 Å². The van der Waals surface area contributed by atoms with Gasteiger partial charge in [0.25, 0.3) is 11.8 Å². The van der Waals surface area contributed by atoms with E-state index in [-0.39, 0.29) is 12.3 Å². The van der Waals surface area contributed by atoms with Crippen molar-refractivity contribution in [3.8, 4) is 5.75 Å². The number of pyridine rings is 1. The monoisotopic (exact) mass is 298 g/mol. The summed E-state index contributed by atoms with van der Waals surface area (Å²) < 4.78 is 5.13. The molecule has 0 aliphatic heterocycles. The average molecular weight is 298 g/mol.